The van der Waals surface area contributed by atoms with E-state index in [1.54, 1.807) is 11.1 Å². The summed E-state index contributed by atoms with van der Waals surface area (Å²) in [5.74, 6) is 1.52. The number of H-pyrrole nitrogens is 1. The van der Waals surface area contributed by atoms with Crippen LogP contribution in [0.5, 0.6) is 0 Å². The Morgan fingerprint density at radius 3 is 2.70 bits per heavy atom. The molecule has 0 spiro atoms. The molecule has 0 radical (unpaired) electrons. The van der Waals surface area contributed by atoms with Crippen LogP contribution in [-0.4, -0.2) is 97.0 Å². The number of aromatic amines is 1. The van der Waals surface area contributed by atoms with E-state index in [0.717, 1.165) is 48.8 Å². The summed E-state index contributed by atoms with van der Waals surface area (Å²) in [4.78, 5) is 29.2. The Balaban J connectivity index is 1.16. The van der Waals surface area contributed by atoms with Crippen molar-refractivity contribution in [2.75, 3.05) is 44.6 Å². The highest BCUT2D eigenvalue weighted by atomic mass is 16.5. The Kier molecular flexibility index (Phi) is 5.49. The summed E-state index contributed by atoms with van der Waals surface area (Å²) in [6, 6.07) is 2.26. The molecular weight excluding hydrogens is 474 g/mol. The zero-order valence-corrected chi connectivity index (χ0v) is 20.8. The topological polar surface area (TPSA) is 144 Å². The molecule has 3 unspecified atom stereocenters. The maximum atomic E-state index is 13.1. The number of carbonyl (C=O) groups excluding carboxylic acids is 1. The van der Waals surface area contributed by atoms with Crippen molar-refractivity contribution in [1.29, 1.82) is 0 Å². The molecular formula is C26H33N7O4. The molecule has 1 aliphatic heterocycles. The molecule has 4 N–H and O–H groups in total. The first-order valence-electron chi connectivity index (χ1n) is 13.4. The van der Waals surface area contributed by atoms with E-state index in [1.807, 2.05) is 12.3 Å². The van der Waals surface area contributed by atoms with Gasteiger partial charge in [0.25, 0.3) is 0 Å². The van der Waals surface area contributed by atoms with Gasteiger partial charge in [0.1, 0.15) is 5.65 Å². The van der Waals surface area contributed by atoms with Crippen molar-refractivity contribution in [2.24, 2.45) is 17.8 Å². The van der Waals surface area contributed by atoms with Crippen molar-refractivity contribution in [3.05, 3.63) is 24.4 Å². The summed E-state index contributed by atoms with van der Waals surface area (Å²) >= 11 is 0. The summed E-state index contributed by atoms with van der Waals surface area (Å²) < 4.78 is 5.45. The first-order chi connectivity index (χ1) is 18.0. The predicted molar refractivity (Wildman–Crippen MR) is 135 cm³/mol. The summed E-state index contributed by atoms with van der Waals surface area (Å²) in [7, 11) is 0. The van der Waals surface area contributed by atoms with E-state index in [0.29, 0.717) is 61.9 Å². The number of hydrogen-bond donors (Lipinski definition) is 4. The molecule has 0 aromatic carbocycles. The smallest absolute Gasteiger partial charge is 0.316 e. The van der Waals surface area contributed by atoms with Gasteiger partial charge in [-0.3, -0.25) is 9.69 Å². The SMILES string of the molecule is O=C(c1nc(-c2cnc3[nH]ccc3c2NC2[C@@H]3CC4C[C@H]2CC(O)(C4)C3)no1)N1CCN(CCO)CC1. The molecule has 1 amide bonds. The predicted octanol–water partition coefficient (Wildman–Crippen LogP) is 1.71. The molecule has 4 aliphatic carbocycles. The fourth-order valence-electron chi connectivity index (χ4n) is 7.59. The Hall–Kier alpha value is -3.02. The zero-order chi connectivity index (χ0) is 25.1. The number of nitrogens with zero attached hydrogens (tertiary/aromatic N) is 5. The number of aliphatic hydroxyl groups excluding tert-OH is 1. The summed E-state index contributed by atoms with van der Waals surface area (Å²) in [5, 5.41) is 29.2. The number of anilines is 1. The number of hydrogen-bond acceptors (Lipinski definition) is 9. The number of aliphatic hydroxyl groups is 2. The standard InChI is InChI=1S/C26H33N7O4/c34-8-7-32-3-5-33(6-4-32)25(35)24-30-23(31-37-24)19-14-28-22-18(1-2-27-22)21(19)29-20-16-9-15-10-17(20)13-26(36,11-15)12-16/h1-2,14-17,20,34,36H,3-13H2,(H2,27,28,29)/t15?,16-,17+,20?,26?. The minimum atomic E-state index is -0.494. The number of nitrogens with one attached hydrogen (secondary N) is 2. The lowest BCUT2D eigenvalue weighted by Crippen LogP contribution is -2.59. The van der Waals surface area contributed by atoms with Crippen LogP contribution in [0.2, 0.25) is 0 Å². The average Bonchev–Trinajstić information content (AvgIpc) is 3.56. The van der Waals surface area contributed by atoms with E-state index in [2.05, 4.69) is 30.3 Å². The summed E-state index contributed by atoms with van der Waals surface area (Å²) in [5.41, 5.74) is 1.88. The number of amides is 1. The number of pyridine rings is 1. The lowest BCUT2D eigenvalue weighted by atomic mass is 9.52. The number of carbonyl (C=O) groups is 1. The number of rotatable bonds is 6. The van der Waals surface area contributed by atoms with Crippen molar-refractivity contribution in [3.8, 4) is 11.4 Å². The van der Waals surface area contributed by atoms with Gasteiger partial charge in [-0.1, -0.05) is 5.16 Å². The Morgan fingerprint density at radius 1 is 1.19 bits per heavy atom. The van der Waals surface area contributed by atoms with Gasteiger partial charge in [0.15, 0.2) is 0 Å². The van der Waals surface area contributed by atoms with Crippen LogP contribution >= 0.6 is 0 Å². The van der Waals surface area contributed by atoms with Crippen molar-refractivity contribution in [2.45, 2.75) is 43.7 Å². The molecule has 4 saturated carbocycles. The number of fused-ring (bicyclic) bond motifs is 1. The van der Waals surface area contributed by atoms with Crippen molar-refractivity contribution in [1.82, 2.24) is 29.9 Å². The fraction of sp³-hybridized carbons (Fsp3) is 0.615. The Bertz CT molecular complexity index is 1300. The van der Waals surface area contributed by atoms with Gasteiger partial charge in [0, 0.05) is 56.5 Å². The molecule has 5 fully saturated rings. The van der Waals surface area contributed by atoms with Crippen LogP contribution in [0.15, 0.2) is 23.0 Å². The quantitative estimate of drug-likeness (QED) is 0.392. The molecule has 37 heavy (non-hydrogen) atoms. The molecule has 4 bridgehead atoms. The van der Waals surface area contributed by atoms with Gasteiger partial charge in [-0.05, 0) is 55.9 Å². The van der Waals surface area contributed by atoms with Crippen LogP contribution in [0.3, 0.4) is 0 Å². The second-order valence-corrected chi connectivity index (χ2v) is 11.4. The van der Waals surface area contributed by atoms with Gasteiger partial charge in [-0.25, -0.2) is 4.98 Å². The third kappa shape index (κ3) is 4.00. The van der Waals surface area contributed by atoms with E-state index >= 15 is 0 Å². The molecule has 8 rings (SSSR count). The fourth-order valence-corrected chi connectivity index (χ4v) is 7.59. The van der Waals surface area contributed by atoms with E-state index < -0.39 is 5.60 Å². The molecule has 5 aliphatic rings. The lowest BCUT2D eigenvalue weighted by Gasteiger charge is -2.58. The van der Waals surface area contributed by atoms with Gasteiger partial charge in [-0.15, -0.1) is 0 Å². The summed E-state index contributed by atoms with van der Waals surface area (Å²) in [6.45, 7) is 3.24. The van der Waals surface area contributed by atoms with Crippen molar-refractivity contribution < 1.29 is 19.5 Å². The number of piperazine rings is 1. The van der Waals surface area contributed by atoms with Gasteiger partial charge in [-0.2, -0.15) is 4.98 Å². The molecule has 3 aromatic heterocycles. The van der Waals surface area contributed by atoms with Crippen LogP contribution in [0.1, 0.15) is 42.8 Å². The lowest BCUT2D eigenvalue weighted by molar-refractivity contribution is -0.129. The Morgan fingerprint density at radius 2 is 1.97 bits per heavy atom. The first-order valence-corrected chi connectivity index (χ1v) is 13.4. The monoisotopic (exact) mass is 507 g/mol. The van der Waals surface area contributed by atoms with Crippen LogP contribution in [0.25, 0.3) is 22.4 Å². The second kappa shape index (κ2) is 8.78. The molecule has 5 atom stereocenters. The zero-order valence-electron chi connectivity index (χ0n) is 20.8. The van der Waals surface area contributed by atoms with Gasteiger partial charge < -0.3 is 29.9 Å². The maximum Gasteiger partial charge on any atom is 0.316 e. The maximum absolute atomic E-state index is 13.1. The van der Waals surface area contributed by atoms with E-state index in [1.165, 1.54) is 0 Å². The molecule has 11 nitrogen and oxygen atoms in total. The van der Waals surface area contributed by atoms with Crippen LogP contribution in [-0.2, 0) is 0 Å². The molecule has 11 heteroatoms. The number of aromatic nitrogens is 4. The highest BCUT2D eigenvalue weighted by Gasteiger charge is 2.54. The molecule has 4 heterocycles. The average molecular weight is 508 g/mol. The van der Waals surface area contributed by atoms with Crippen molar-refractivity contribution in [3.63, 3.8) is 0 Å². The van der Waals surface area contributed by atoms with Crippen LogP contribution in [0, 0.1) is 17.8 Å². The largest absolute Gasteiger partial charge is 0.395 e. The third-order valence-electron chi connectivity index (χ3n) is 9.06. The third-order valence-corrected chi connectivity index (χ3v) is 9.06. The van der Waals surface area contributed by atoms with E-state index in [4.69, 9.17) is 9.63 Å². The van der Waals surface area contributed by atoms with Crippen LogP contribution < -0.4 is 5.32 Å². The second-order valence-electron chi connectivity index (χ2n) is 11.4. The Labute approximate surface area is 214 Å². The minimum absolute atomic E-state index is 0.0254. The number of β-amino-alcohol motifs (C(OH)–C–C–N with tert-alkyl or cyclic N) is 1. The normalized spacial score (nSPS) is 31.4. The molecule has 1 saturated heterocycles. The highest BCUT2D eigenvalue weighted by Crippen LogP contribution is 2.56. The highest BCUT2D eigenvalue weighted by molar-refractivity contribution is 5.97. The van der Waals surface area contributed by atoms with Gasteiger partial charge in [0.2, 0.25) is 5.82 Å². The van der Waals surface area contributed by atoms with Gasteiger partial charge >= 0.3 is 11.8 Å². The van der Waals surface area contributed by atoms with Crippen molar-refractivity contribution >= 4 is 22.6 Å². The molecule has 3 aromatic rings. The summed E-state index contributed by atoms with van der Waals surface area (Å²) in [6.07, 6.45) is 8.55. The first kappa shape index (κ1) is 23.1. The van der Waals surface area contributed by atoms with E-state index in [-0.39, 0.29) is 24.4 Å². The van der Waals surface area contributed by atoms with Gasteiger partial charge in [0.05, 0.1) is 23.5 Å². The van der Waals surface area contributed by atoms with E-state index in [9.17, 15) is 9.90 Å². The van der Waals surface area contributed by atoms with Crippen LogP contribution in [0.4, 0.5) is 5.69 Å². The molecule has 196 valence electrons. The minimum Gasteiger partial charge on any atom is -0.395 e.